The number of carbonyl (C=O) groups is 1. The van der Waals surface area contributed by atoms with Gasteiger partial charge >= 0.3 is 5.97 Å². The van der Waals surface area contributed by atoms with Gasteiger partial charge in [0.1, 0.15) is 5.75 Å². The van der Waals surface area contributed by atoms with Crippen molar-refractivity contribution in [2.24, 2.45) is 0 Å². The Balaban J connectivity index is 2.28. The second-order valence-corrected chi connectivity index (χ2v) is 5.81. The first kappa shape index (κ1) is 15.4. The van der Waals surface area contributed by atoms with Crippen LogP contribution in [0.2, 0.25) is 0 Å². The largest absolute Gasteiger partial charge is 0.491 e. The van der Waals surface area contributed by atoms with Gasteiger partial charge in [0.2, 0.25) is 0 Å². The molecule has 0 N–H and O–H groups in total. The third-order valence-corrected chi connectivity index (χ3v) is 3.95. The number of aryl methyl sites for hydroxylation is 1. The van der Waals surface area contributed by atoms with Gasteiger partial charge in [0, 0.05) is 28.4 Å². The van der Waals surface area contributed by atoms with Crippen LogP contribution in [0.5, 0.6) is 5.75 Å². The molecule has 0 amide bonds. The molecular formula is C19H21NO3. The predicted molar refractivity (Wildman–Crippen MR) is 92.2 cm³/mol. The van der Waals surface area contributed by atoms with Gasteiger partial charge in [-0.15, -0.1) is 0 Å². The minimum absolute atomic E-state index is 0.123. The fraction of sp³-hybridized carbons (Fsp3) is 0.316. The molecule has 0 unspecified atom stereocenters. The number of ether oxygens (including phenoxy) is 2. The lowest BCUT2D eigenvalue weighted by molar-refractivity contribution is 0.0601. The average Bonchev–Trinajstić information content (AvgIpc) is 2.85. The third kappa shape index (κ3) is 2.65. The molecule has 120 valence electrons. The van der Waals surface area contributed by atoms with Gasteiger partial charge < -0.3 is 14.0 Å². The van der Waals surface area contributed by atoms with E-state index in [2.05, 4.69) is 17.6 Å². The minimum atomic E-state index is -0.320. The maximum atomic E-state index is 11.8. The molecule has 0 fully saturated rings. The van der Waals surface area contributed by atoms with Crippen LogP contribution in [0.1, 0.15) is 31.1 Å². The predicted octanol–water partition coefficient (Wildman–Crippen LogP) is 4.39. The summed E-state index contributed by atoms with van der Waals surface area (Å²) in [5.74, 6) is 0.519. The highest BCUT2D eigenvalue weighted by molar-refractivity contribution is 6.10. The summed E-state index contributed by atoms with van der Waals surface area (Å²) in [4.78, 5) is 11.8. The molecule has 3 rings (SSSR count). The molecule has 0 aliphatic rings. The first-order valence-electron chi connectivity index (χ1n) is 7.86. The summed E-state index contributed by atoms with van der Waals surface area (Å²) in [6.45, 7) is 7.00. The van der Waals surface area contributed by atoms with Crippen molar-refractivity contribution in [1.82, 2.24) is 4.57 Å². The number of nitrogens with zero attached hydrogens (tertiary/aromatic N) is 1. The van der Waals surface area contributed by atoms with Crippen molar-refractivity contribution in [2.75, 3.05) is 7.11 Å². The summed E-state index contributed by atoms with van der Waals surface area (Å²) in [5, 5.41) is 2.13. The Morgan fingerprint density at radius 3 is 2.35 bits per heavy atom. The normalized spacial score (nSPS) is 11.3. The minimum Gasteiger partial charge on any atom is -0.491 e. The summed E-state index contributed by atoms with van der Waals surface area (Å²) in [6, 6.07) is 11.8. The molecule has 0 atom stereocenters. The van der Waals surface area contributed by atoms with Crippen LogP contribution in [-0.2, 0) is 11.3 Å². The molecule has 0 radical (unpaired) electrons. The molecule has 3 aromatic rings. The highest BCUT2D eigenvalue weighted by atomic mass is 16.5. The maximum absolute atomic E-state index is 11.8. The Labute approximate surface area is 135 Å². The van der Waals surface area contributed by atoms with E-state index >= 15 is 0 Å². The van der Waals surface area contributed by atoms with Gasteiger partial charge in [-0.2, -0.15) is 0 Å². The van der Waals surface area contributed by atoms with Crippen molar-refractivity contribution < 1.29 is 14.3 Å². The van der Waals surface area contributed by atoms with Crippen LogP contribution in [0.15, 0.2) is 36.4 Å². The second-order valence-electron chi connectivity index (χ2n) is 5.81. The number of aromatic nitrogens is 1. The maximum Gasteiger partial charge on any atom is 0.337 e. The van der Waals surface area contributed by atoms with Crippen molar-refractivity contribution in [1.29, 1.82) is 0 Å². The van der Waals surface area contributed by atoms with E-state index in [4.69, 9.17) is 9.47 Å². The first-order chi connectivity index (χ1) is 11.0. The van der Waals surface area contributed by atoms with E-state index in [-0.39, 0.29) is 12.1 Å². The molecule has 0 aliphatic heterocycles. The quantitative estimate of drug-likeness (QED) is 0.671. The van der Waals surface area contributed by atoms with Crippen LogP contribution in [0.4, 0.5) is 0 Å². The van der Waals surface area contributed by atoms with E-state index in [1.807, 2.05) is 44.2 Å². The third-order valence-electron chi connectivity index (χ3n) is 3.95. The van der Waals surface area contributed by atoms with Gasteiger partial charge in [-0.05, 0) is 57.2 Å². The van der Waals surface area contributed by atoms with Crippen molar-refractivity contribution in [2.45, 2.75) is 33.4 Å². The fourth-order valence-electron chi connectivity index (χ4n) is 3.01. The second kappa shape index (κ2) is 5.95. The monoisotopic (exact) mass is 311 g/mol. The molecule has 4 heteroatoms. The SMILES string of the molecule is CCn1c2ccc(OC(C)C)cc2c2cc(C(=O)OC)ccc21. The smallest absolute Gasteiger partial charge is 0.337 e. The number of rotatable bonds is 4. The Morgan fingerprint density at radius 2 is 1.74 bits per heavy atom. The van der Waals surface area contributed by atoms with Crippen LogP contribution in [0, 0.1) is 0 Å². The number of methoxy groups -OCH3 is 1. The molecule has 4 nitrogen and oxygen atoms in total. The summed E-state index contributed by atoms with van der Waals surface area (Å²) in [6.07, 6.45) is 0.123. The van der Waals surface area contributed by atoms with Crippen LogP contribution in [-0.4, -0.2) is 23.8 Å². The molecule has 0 saturated carbocycles. The zero-order valence-electron chi connectivity index (χ0n) is 13.9. The fourth-order valence-corrected chi connectivity index (χ4v) is 3.01. The molecule has 0 saturated heterocycles. The zero-order chi connectivity index (χ0) is 16.6. The number of esters is 1. The summed E-state index contributed by atoms with van der Waals surface area (Å²) < 4.78 is 12.9. The van der Waals surface area contributed by atoms with Gasteiger partial charge in [-0.25, -0.2) is 4.79 Å². The molecular weight excluding hydrogens is 290 g/mol. The Morgan fingerprint density at radius 1 is 1.09 bits per heavy atom. The average molecular weight is 311 g/mol. The lowest BCUT2D eigenvalue weighted by Gasteiger charge is -2.10. The first-order valence-corrected chi connectivity index (χ1v) is 7.86. The Bertz CT molecular complexity index is 877. The standard InChI is InChI=1S/C19H21NO3/c1-5-20-17-8-6-13(19(21)22-4)10-15(17)16-11-14(23-12(2)3)7-9-18(16)20/h6-12H,5H2,1-4H3. The molecule has 0 spiro atoms. The van der Waals surface area contributed by atoms with E-state index in [9.17, 15) is 4.79 Å². The van der Waals surface area contributed by atoms with Crippen molar-refractivity contribution in [3.8, 4) is 5.75 Å². The number of carbonyl (C=O) groups excluding carboxylic acids is 1. The van der Waals surface area contributed by atoms with E-state index < -0.39 is 0 Å². The number of hydrogen-bond acceptors (Lipinski definition) is 3. The molecule has 1 aromatic heterocycles. The van der Waals surface area contributed by atoms with Crippen LogP contribution in [0.3, 0.4) is 0 Å². The molecule has 0 bridgehead atoms. The molecule has 23 heavy (non-hydrogen) atoms. The Kier molecular flexibility index (Phi) is 3.99. The van der Waals surface area contributed by atoms with E-state index in [0.29, 0.717) is 5.56 Å². The van der Waals surface area contributed by atoms with Gasteiger partial charge in [0.25, 0.3) is 0 Å². The topological polar surface area (TPSA) is 40.5 Å². The van der Waals surface area contributed by atoms with Crippen LogP contribution < -0.4 is 4.74 Å². The van der Waals surface area contributed by atoms with E-state index in [1.165, 1.54) is 7.11 Å². The van der Waals surface area contributed by atoms with E-state index in [0.717, 1.165) is 34.1 Å². The van der Waals surface area contributed by atoms with Gasteiger partial charge in [0.15, 0.2) is 0 Å². The van der Waals surface area contributed by atoms with Crippen LogP contribution in [0.25, 0.3) is 21.8 Å². The van der Waals surface area contributed by atoms with Crippen molar-refractivity contribution in [3.63, 3.8) is 0 Å². The van der Waals surface area contributed by atoms with Gasteiger partial charge in [0.05, 0.1) is 18.8 Å². The molecule has 2 aromatic carbocycles. The Hall–Kier alpha value is -2.49. The highest BCUT2D eigenvalue weighted by Crippen LogP contribution is 2.32. The lowest BCUT2D eigenvalue weighted by Crippen LogP contribution is -2.05. The number of hydrogen-bond donors (Lipinski definition) is 0. The zero-order valence-corrected chi connectivity index (χ0v) is 13.9. The number of fused-ring (bicyclic) bond motifs is 3. The van der Waals surface area contributed by atoms with E-state index in [1.54, 1.807) is 0 Å². The lowest BCUT2D eigenvalue weighted by atomic mass is 10.1. The van der Waals surface area contributed by atoms with Crippen molar-refractivity contribution in [3.05, 3.63) is 42.0 Å². The van der Waals surface area contributed by atoms with Crippen molar-refractivity contribution >= 4 is 27.8 Å². The molecule has 0 aliphatic carbocycles. The van der Waals surface area contributed by atoms with Gasteiger partial charge in [-0.3, -0.25) is 0 Å². The molecule has 1 heterocycles. The summed E-state index contributed by atoms with van der Waals surface area (Å²) in [5.41, 5.74) is 2.81. The number of benzene rings is 2. The summed E-state index contributed by atoms with van der Waals surface area (Å²) in [7, 11) is 1.40. The summed E-state index contributed by atoms with van der Waals surface area (Å²) >= 11 is 0. The van der Waals surface area contributed by atoms with Crippen LogP contribution >= 0.6 is 0 Å². The van der Waals surface area contributed by atoms with Gasteiger partial charge in [-0.1, -0.05) is 0 Å². The highest BCUT2D eigenvalue weighted by Gasteiger charge is 2.14.